The Balaban J connectivity index is 1.19. The third-order valence-corrected chi connectivity index (χ3v) is 8.54. The SMILES string of the molecule is COc1cc(/C=C/C(=O)Oc2cccc(CON(O)O)c2)ccc1OC(=O)CCC/C=C\C[C@@H]1[C@@H](/C=C/[C@@H](O)COc2cccc(Cl)c2)[C@H](O)C[C@@H]1O. The van der Waals surface area contributed by atoms with Crippen LogP contribution in [0.2, 0.25) is 5.02 Å². The third kappa shape index (κ3) is 14.1. The number of benzene rings is 3. The topological polar surface area (TPSA) is 185 Å². The van der Waals surface area contributed by atoms with Gasteiger partial charge in [0.05, 0.1) is 31.3 Å². The highest BCUT2D eigenvalue weighted by molar-refractivity contribution is 6.30. The first-order chi connectivity index (χ1) is 25.5. The van der Waals surface area contributed by atoms with Gasteiger partial charge in [0.1, 0.15) is 24.2 Å². The molecule has 4 rings (SSSR count). The maximum atomic E-state index is 12.6. The molecule has 0 saturated heterocycles. The predicted molar refractivity (Wildman–Crippen MR) is 193 cm³/mol. The highest BCUT2D eigenvalue weighted by Gasteiger charge is 2.39. The molecule has 0 unspecified atom stereocenters. The Hall–Kier alpha value is -4.57. The van der Waals surface area contributed by atoms with Gasteiger partial charge in [0.25, 0.3) is 0 Å². The standard InChI is InChI=1S/C39H44ClNO12/c1-49-37-21-26(15-19-39(46)52-31-11-6-8-27(20-31)24-51-41(47)48)14-18-36(37)53-38(45)13-5-3-2-4-12-32-33(35(44)23-34(32)43)17-16-29(42)25-50-30-10-7-9-28(40)22-30/h2,4,6-11,14-22,29,32-35,42-44,47-48H,3,5,12-13,23-25H2,1H3/b4-2-,17-16+,19-15+/t29-,32-,33-,34+,35-/m1/s1. The van der Waals surface area contributed by atoms with Crippen LogP contribution in [0.5, 0.6) is 23.0 Å². The lowest BCUT2D eigenvalue weighted by Crippen LogP contribution is -2.21. The maximum Gasteiger partial charge on any atom is 0.336 e. The number of nitrogens with zero attached hydrogens (tertiary/aromatic N) is 1. The Morgan fingerprint density at radius 2 is 1.75 bits per heavy atom. The molecule has 0 heterocycles. The molecule has 3 aromatic carbocycles. The zero-order valence-corrected chi connectivity index (χ0v) is 29.8. The second kappa shape index (κ2) is 21.2. The van der Waals surface area contributed by atoms with Crippen LogP contribution >= 0.6 is 11.6 Å². The average Bonchev–Trinajstić information content (AvgIpc) is 3.40. The summed E-state index contributed by atoms with van der Waals surface area (Å²) in [4.78, 5) is 29.5. The number of hydrogen-bond acceptors (Lipinski definition) is 13. The summed E-state index contributed by atoms with van der Waals surface area (Å²) < 4.78 is 21.8. The van der Waals surface area contributed by atoms with Gasteiger partial charge in [0.15, 0.2) is 11.5 Å². The van der Waals surface area contributed by atoms with Crippen molar-refractivity contribution in [1.82, 2.24) is 5.39 Å². The largest absolute Gasteiger partial charge is 0.493 e. The summed E-state index contributed by atoms with van der Waals surface area (Å²) in [5.41, 5.74) is 1.13. The second-order valence-corrected chi connectivity index (χ2v) is 12.7. The number of rotatable bonds is 19. The molecule has 0 spiro atoms. The summed E-state index contributed by atoms with van der Waals surface area (Å²) in [5.74, 6) is -0.375. The predicted octanol–water partition coefficient (Wildman–Crippen LogP) is 5.86. The zero-order valence-electron chi connectivity index (χ0n) is 29.1. The minimum absolute atomic E-state index is 0.0125. The molecular weight excluding hydrogens is 710 g/mol. The summed E-state index contributed by atoms with van der Waals surface area (Å²) in [6, 6.07) is 18.0. The van der Waals surface area contributed by atoms with Crippen LogP contribution in [0.15, 0.2) is 97.1 Å². The molecule has 13 nitrogen and oxygen atoms in total. The lowest BCUT2D eigenvalue weighted by Gasteiger charge is -2.19. The monoisotopic (exact) mass is 753 g/mol. The van der Waals surface area contributed by atoms with E-state index >= 15 is 0 Å². The number of carbonyl (C=O) groups excluding carboxylic acids is 2. The minimum Gasteiger partial charge on any atom is -0.493 e. The van der Waals surface area contributed by atoms with Crippen LogP contribution in [-0.4, -0.2) is 75.1 Å². The first-order valence-electron chi connectivity index (χ1n) is 16.9. The van der Waals surface area contributed by atoms with Crippen LogP contribution in [0.3, 0.4) is 0 Å². The first kappa shape index (κ1) is 41.2. The number of allylic oxidation sites excluding steroid dienone is 2. The van der Waals surface area contributed by atoms with Crippen molar-refractivity contribution in [3.63, 3.8) is 0 Å². The number of hydrogen-bond donors (Lipinski definition) is 5. The third-order valence-electron chi connectivity index (χ3n) is 8.30. The lowest BCUT2D eigenvalue weighted by atomic mass is 9.89. The number of unbranched alkanes of at least 4 members (excludes halogenated alkanes) is 1. The Bertz CT molecular complexity index is 1730. The molecule has 0 amide bonds. The van der Waals surface area contributed by atoms with E-state index in [2.05, 4.69) is 4.84 Å². The number of aliphatic hydroxyl groups is 3. The van der Waals surface area contributed by atoms with Gasteiger partial charge < -0.3 is 34.3 Å². The van der Waals surface area contributed by atoms with Crippen LogP contribution in [0, 0.1) is 11.8 Å². The molecule has 0 aromatic heterocycles. The molecule has 0 radical (unpaired) electrons. The van der Waals surface area contributed by atoms with Crippen molar-refractivity contribution >= 4 is 29.6 Å². The van der Waals surface area contributed by atoms with Gasteiger partial charge >= 0.3 is 11.9 Å². The average molecular weight is 754 g/mol. The highest BCUT2D eigenvalue weighted by Crippen LogP contribution is 2.36. The maximum absolute atomic E-state index is 12.6. The molecule has 5 atom stereocenters. The molecular formula is C39H44ClNO12. The molecule has 14 heteroatoms. The van der Waals surface area contributed by atoms with Crippen molar-refractivity contribution < 1.29 is 59.1 Å². The van der Waals surface area contributed by atoms with Crippen LogP contribution in [0.1, 0.15) is 43.2 Å². The van der Waals surface area contributed by atoms with E-state index in [1.165, 1.54) is 25.3 Å². The van der Waals surface area contributed by atoms with Gasteiger partial charge in [-0.2, -0.15) is 0 Å². The van der Waals surface area contributed by atoms with Crippen LogP contribution in [-0.2, 0) is 21.0 Å². The van der Waals surface area contributed by atoms with E-state index < -0.39 is 35.6 Å². The molecule has 0 bridgehead atoms. The Morgan fingerprint density at radius 1 is 0.962 bits per heavy atom. The number of ether oxygens (including phenoxy) is 4. The van der Waals surface area contributed by atoms with E-state index in [1.54, 1.807) is 72.8 Å². The second-order valence-electron chi connectivity index (χ2n) is 12.2. The van der Waals surface area contributed by atoms with Gasteiger partial charge in [0.2, 0.25) is 0 Å². The van der Waals surface area contributed by atoms with Crippen molar-refractivity contribution in [2.45, 2.75) is 57.0 Å². The van der Waals surface area contributed by atoms with Gasteiger partial charge in [-0.1, -0.05) is 60.2 Å². The summed E-state index contributed by atoms with van der Waals surface area (Å²) >= 11 is 5.96. The number of aliphatic hydroxyl groups excluding tert-OH is 3. The number of esters is 2. The van der Waals surface area contributed by atoms with Crippen molar-refractivity contribution in [3.05, 3.63) is 113 Å². The number of methoxy groups -OCH3 is 1. The molecule has 53 heavy (non-hydrogen) atoms. The number of halogens is 1. The van der Waals surface area contributed by atoms with Gasteiger partial charge in [-0.15, -0.1) is 0 Å². The molecule has 3 aromatic rings. The quantitative estimate of drug-likeness (QED) is 0.0245. The fraction of sp³-hybridized carbons (Fsp3) is 0.333. The van der Waals surface area contributed by atoms with E-state index in [0.29, 0.717) is 46.9 Å². The van der Waals surface area contributed by atoms with Crippen molar-refractivity contribution in [3.8, 4) is 23.0 Å². The number of carbonyl (C=O) groups is 2. The van der Waals surface area contributed by atoms with E-state index in [1.807, 2.05) is 12.2 Å². The smallest absolute Gasteiger partial charge is 0.336 e. The molecule has 1 aliphatic rings. The van der Waals surface area contributed by atoms with E-state index in [-0.39, 0.29) is 49.4 Å². The van der Waals surface area contributed by atoms with Gasteiger partial charge in [-0.05, 0) is 84.8 Å². The summed E-state index contributed by atoms with van der Waals surface area (Å²) in [6.07, 6.45) is 9.59. The van der Waals surface area contributed by atoms with E-state index in [4.69, 9.17) is 41.0 Å². The molecule has 1 aliphatic carbocycles. The van der Waals surface area contributed by atoms with Gasteiger partial charge in [-0.25, -0.2) is 9.63 Å². The fourth-order valence-corrected chi connectivity index (χ4v) is 5.86. The van der Waals surface area contributed by atoms with Crippen molar-refractivity contribution in [1.29, 1.82) is 0 Å². The fourth-order valence-electron chi connectivity index (χ4n) is 5.68. The van der Waals surface area contributed by atoms with Gasteiger partial charge in [-0.3, -0.25) is 15.2 Å². The van der Waals surface area contributed by atoms with E-state index in [0.717, 1.165) is 0 Å². The summed E-state index contributed by atoms with van der Waals surface area (Å²) in [7, 11) is 1.43. The first-order valence-corrected chi connectivity index (χ1v) is 17.3. The normalized spacial score (nSPS) is 19.3. The summed E-state index contributed by atoms with van der Waals surface area (Å²) in [5, 5.41) is 48.9. The minimum atomic E-state index is -0.909. The summed E-state index contributed by atoms with van der Waals surface area (Å²) in [6.45, 7) is -0.142. The Labute approximate surface area is 312 Å². The molecule has 1 saturated carbocycles. The van der Waals surface area contributed by atoms with E-state index in [9.17, 15) is 24.9 Å². The lowest BCUT2D eigenvalue weighted by molar-refractivity contribution is -0.497. The molecule has 5 N–H and O–H groups in total. The molecule has 284 valence electrons. The van der Waals surface area contributed by atoms with Crippen LogP contribution in [0.4, 0.5) is 0 Å². The molecule has 0 aliphatic heterocycles. The molecule has 1 fully saturated rings. The van der Waals surface area contributed by atoms with Crippen LogP contribution in [0.25, 0.3) is 6.08 Å². The van der Waals surface area contributed by atoms with Crippen LogP contribution < -0.4 is 18.9 Å². The zero-order chi connectivity index (χ0) is 38.2. The van der Waals surface area contributed by atoms with Crippen molar-refractivity contribution in [2.24, 2.45) is 11.8 Å². The Morgan fingerprint density at radius 3 is 2.53 bits per heavy atom. The highest BCUT2D eigenvalue weighted by atomic mass is 35.5. The van der Waals surface area contributed by atoms with Crippen molar-refractivity contribution in [2.75, 3.05) is 13.7 Å². The van der Waals surface area contributed by atoms with Gasteiger partial charge in [0, 0.05) is 29.9 Å². The Kier molecular flexibility index (Phi) is 16.5.